The first-order valence-electron chi connectivity index (χ1n) is 5.71. The minimum absolute atomic E-state index is 0.225. The van der Waals surface area contributed by atoms with E-state index in [4.69, 9.17) is 18.0 Å². The number of aromatic nitrogens is 2. The van der Waals surface area contributed by atoms with Gasteiger partial charge in [-0.15, -0.1) is 0 Å². The van der Waals surface area contributed by atoms with Crippen LogP contribution in [0.2, 0.25) is 0 Å². The highest BCUT2D eigenvalue weighted by Crippen LogP contribution is 2.13. The van der Waals surface area contributed by atoms with E-state index in [-0.39, 0.29) is 10.9 Å². The van der Waals surface area contributed by atoms with Gasteiger partial charge in [-0.05, 0) is 5.56 Å². The SMILES string of the molecule is Cn1cc(C(=O)NC(C(N)=S)c2ccccc2)cn1. The van der Waals surface area contributed by atoms with E-state index >= 15 is 0 Å². The topological polar surface area (TPSA) is 72.9 Å². The van der Waals surface area contributed by atoms with Crippen molar-refractivity contribution in [3.05, 3.63) is 53.9 Å². The molecule has 0 bridgehead atoms. The minimum Gasteiger partial charge on any atom is -0.391 e. The van der Waals surface area contributed by atoms with E-state index in [2.05, 4.69) is 10.4 Å². The van der Waals surface area contributed by atoms with Gasteiger partial charge in [0.05, 0.1) is 11.8 Å². The Hall–Kier alpha value is -2.21. The first kappa shape index (κ1) is 13.2. The molecule has 19 heavy (non-hydrogen) atoms. The third kappa shape index (κ3) is 3.17. The summed E-state index contributed by atoms with van der Waals surface area (Å²) in [5.74, 6) is -0.255. The molecule has 5 nitrogen and oxygen atoms in total. The Balaban J connectivity index is 2.18. The maximum Gasteiger partial charge on any atom is 0.255 e. The Kier molecular flexibility index (Phi) is 3.91. The molecule has 98 valence electrons. The molecule has 1 aromatic carbocycles. The minimum atomic E-state index is -0.482. The van der Waals surface area contributed by atoms with Gasteiger partial charge in [0, 0.05) is 13.2 Å². The van der Waals surface area contributed by atoms with Gasteiger partial charge in [0.25, 0.3) is 5.91 Å². The molecule has 1 aromatic heterocycles. The number of hydrogen-bond donors (Lipinski definition) is 2. The van der Waals surface area contributed by atoms with Crippen molar-refractivity contribution in [2.75, 3.05) is 0 Å². The van der Waals surface area contributed by atoms with E-state index in [0.29, 0.717) is 5.56 Å². The Morgan fingerprint density at radius 3 is 2.63 bits per heavy atom. The number of benzene rings is 1. The van der Waals surface area contributed by atoms with Crippen LogP contribution in [-0.2, 0) is 7.05 Å². The maximum atomic E-state index is 12.1. The Morgan fingerprint density at radius 1 is 1.42 bits per heavy atom. The molecule has 0 saturated carbocycles. The summed E-state index contributed by atoms with van der Waals surface area (Å²) in [5.41, 5.74) is 7.02. The number of thiocarbonyl (C=S) groups is 1. The van der Waals surface area contributed by atoms with Gasteiger partial charge in [-0.1, -0.05) is 42.5 Å². The van der Waals surface area contributed by atoms with Crippen molar-refractivity contribution in [1.29, 1.82) is 0 Å². The molecule has 2 aromatic rings. The summed E-state index contributed by atoms with van der Waals surface area (Å²) in [6, 6.07) is 8.89. The lowest BCUT2D eigenvalue weighted by molar-refractivity contribution is 0.0947. The monoisotopic (exact) mass is 274 g/mol. The summed E-state index contributed by atoms with van der Waals surface area (Å²) < 4.78 is 1.56. The van der Waals surface area contributed by atoms with Gasteiger partial charge < -0.3 is 11.1 Å². The average molecular weight is 274 g/mol. The zero-order valence-corrected chi connectivity index (χ0v) is 11.2. The van der Waals surface area contributed by atoms with Crippen LogP contribution in [0.1, 0.15) is 22.0 Å². The summed E-state index contributed by atoms with van der Waals surface area (Å²) in [5, 5.41) is 6.76. The van der Waals surface area contributed by atoms with Crippen molar-refractivity contribution < 1.29 is 4.79 Å². The highest BCUT2D eigenvalue weighted by atomic mass is 32.1. The van der Waals surface area contributed by atoms with Crippen LogP contribution in [0.5, 0.6) is 0 Å². The lowest BCUT2D eigenvalue weighted by atomic mass is 10.1. The molecule has 0 aliphatic carbocycles. The van der Waals surface area contributed by atoms with Gasteiger partial charge in [-0.3, -0.25) is 9.48 Å². The van der Waals surface area contributed by atoms with Crippen LogP contribution >= 0.6 is 12.2 Å². The van der Waals surface area contributed by atoms with Crippen molar-refractivity contribution >= 4 is 23.1 Å². The molecule has 1 heterocycles. The predicted molar refractivity (Wildman–Crippen MR) is 76.6 cm³/mol. The van der Waals surface area contributed by atoms with Gasteiger partial charge in [-0.2, -0.15) is 5.10 Å². The van der Waals surface area contributed by atoms with Crippen molar-refractivity contribution in [3.8, 4) is 0 Å². The van der Waals surface area contributed by atoms with E-state index in [1.54, 1.807) is 17.9 Å². The molecule has 0 radical (unpaired) electrons. The Morgan fingerprint density at radius 2 is 2.11 bits per heavy atom. The molecule has 0 aliphatic heterocycles. The molecule has 2 rings (SSSR count). The van der Waals surface area contributed by atoms with Crippen LogP contribution in [-0.4, -0.2) is 20.7 Å². The van der Waals surface area contributed by atoms with Gasteiger partial charge >= 0.3 is 0 Å². The van der Waals surface area contributed by atoms with Crippen molar-refractivity contribution in [2.45, 2.75) is 6.04 Å². The van der Waals surface area contributed by atoms with Crippen LogP contribution in [0.4, 0.5) is 0 Å². The fourth-order valence-electron chi connectivity index (χ4n) is 1.72. The standard InChI is InChI=1S/C13H14N4OS/c1-17-8-10(7-15-17)13(18)16-11(12(14)19)9-5-3-2-4-6-9/h2-8,11H,1H3,(H2,14,19)(H,16,18). The second-order valence-electron chi connectivity index (χ2n) is 4.12. The van der Waals surface area contributed by atoms with Crippen LogP contribution in [0, 0.1) is 0 Å². The van der Waals surface area contributed by atoms with Gasteiger partial charge in [-0.25, -0.2) is 0 Å². The number of nitrogens with two attached hydrogens (primary N) is 1. The van der Waals surface area contributed by atoms with Gasteiger partial charge in [0.15, 0.2) is 0 Å². The zero-order valence-electron chi connectivity index (χ0n) is 10.4. The van der Waals surface area contributed by atoms with Crippen LogP contribution in [0.3, 0.4) is 0 Å². The zero-order chi connectivity index (χ0) is 13.8. The normalized spacial score (nSPS) is 11.8. The molecule has 0 aliphatic rings. The third-order valence-corrected chi connectivity index (χ3v) is 2.90. The molecule has 1 amide bonds. The Bertz CT molecular complexity index is 594. The molecule has 0 fully saturated rings. The highest BCUT2D eigenvalue weighted by molar-refractivity contribution is 7.80. The summed E-state index contributed by atoms with van der Waals surface area (Å²) in [6.07, 6.45) is 3.13. The second-order valence-corrected chi connectivity index (χ2v) is 4.59. The number of carbonyl (C=O) groups is 1. The molecule has 3 N–H and O–H groups in total. The smallest absolute Gasteiger partial charge is 0.255 e. The quantitative estimate of drug-likeness (QED) is 0.821. The van der Waals surface area contributed by atoms with Crippen LogP contribution < -0.4 is 11.1 Å². The average Bonchev–Trinajstić information content (AvgIpc) is 2.83. The summed E-state index contributed by atoms with van der Waals surface area (Å²) >= 11 is 5.01. The first-order valence-corrected chi connectivity index (χ1v) is 6.12. The number of aryl methyl sites for hydroxylation is 1. The van der Waals surface area contributed by atoms with Crippen molar-refractivity contribution in [3.63, 3.8) is 0 Å². The van der Waals surface area contributed by atoms with E-state index in [9.17, 15) is 4.79 Å². The van der Waals surface area contributed by atoms with Crippen LogP contribution in [0.15, 0.2) is 42.7 Å². The fourth-order valence-corrected chi connectivity index (χ4v) is 1.91. The first-order chi connectivity index (χ1) is 9.08. The summed E-state index contributed by atoms with van der Waals surface area (Å²) in [6.45, 7) is 0. The van der Waals surface area contributed by atoms with E-state index in [0.717, 1.165) is 5.56 Å². The predicted octanol–water partition coefficient (Wildman–Crippen LogP) is 1.18. The largest absolute Gasteiger partial charge is 0.391 e. The van der Waals surface area contributed by atoms with E-state index in [1.165, 1.54) is 6.20 Å². The van der Waals surface area contributed by atoms with E-state index < -0.39 is 6.04 Å². The second kappa shape index (κ2) is 5.62. The molecule has 6 heteroatoms. The molecule has 1 unspecified atom stereocenters. The number of nitrogens with one attached hydrogen (secondary N) is 1. The van der Waals surface area contributed by atoms with Crippen LogP contribution in [0.25, 0.3) is 0 Å². The number of nitrogens with zero attached hydrogens (tertiary/aromatic N) is 2. The molecule has 0 spiro atoms. The summed E-state index contributed by atoms with van der Waals surface area (Å²) in [4.78, 5) is 12.3. The summed E-state index contributed by atoms with van der Waals surface area (Å²) in [7, 11) is 1.75. The number of carbonyl (C=O) groups excluding carboxylic acids is 1. The number of amides is 1. The van der Waals surface area contributed by atoms with Gasteiger partial charge in [0.2, 0.25) is 0 Å². The van der Waals surface area contributed by atoms with E-state index in [1.807, 2.05) is 30.3 Å². The maximum absolute atomic E-state index is 12.1. The van der Waals surface area contributed by atoms with Crippen molar-refractivity contribution in [1.82, 2.24) is 15.1 Å². The molecular weight excluding hydrogens is 260 g/mol. The lowest BCUT2D eigenvalue weighted by Gasteiger charge is -2.17. The number of rotatable bonds is 4. The fraction of sp³-hybridized carbons (Fsp3) is 0.154. The Labute approximate surface area is 116 Å². The molecule has 0 saturated heterocycles. The third-order valence-electron chi connectivity index (χ3n) is 2.66. The number of hydrogen-bond acceptors (Lipinski definition) is 3. The van der Waals surface area contributed by atoms with Crippen molar-refractivity contribution in [2.24, 2.45) is 12.8 Å². The molecular formula is C13H14N4OS. The molecule has 1 atom stereocenters. The van der Waals surface area contributed by atoms with Gasteiger partial charge in [0.1, 0.15) is 11.0 Å². The highest BCUT2D eigenvalue weighted by Gasteiger charge is 2.18. The lowest BCUT2D eigenvalue weighted by Crippen LogP contribution is -2.36.